The minimum atomic E-state index is -0.0481. The minimum Gasteiger partial charge on any atom is -0.504 e. The van der Waals surface area contributed by atoms with Crippen LogP contribution >= 0.6 is 0 Å². The zero-order valence-electron chi connectivity index (χ0n) is 16.0. The van der Waals surface area contributed by atoms with Gasteiger partial charge < -0.3 is 14.6 Å². The number of hydrogen-bond acceptors (Lipinski definition) is 4. The maximum Gasteiger partial charge on any atom is 0.160 e. The van der Waals surface area contributed by atoms with E-state index in [0.29, 0.717) is 24.6 Å². The van der Waals surface area contributed by atoms with Crippen molar-refractivity contribution in [2.45, 2.75) is 31.7 Å². The van der Waals surface area contributed by atoms with Crippen molar-refractivity contribution >= 4 is 0 Å². The van der Waals surface area contributed by atoms with Crippen LogP contribution in [-0.2, 0) is 12.8 Å². The predicted octanol–water partition coefficient (Wildman–Crippen LogP) is 3.87. The highest BCUT2D eigenvalue weighted by Gasteiger charge is 2.45. The molecule has 2 aliphatic rings. The summed E-state index contributed by atoms with van der Waals surface area (Å²) in [6.45, 7) is 1.52. The molecular formula is C22H28NO4+. The van der Waals surface area contributed by atoms with Gasteiger partial charge in [-0.15, -0.1) is 0 Å². The lowest BCUT2D eigenvalue weighted by Crippen LogP contribution is -2.53. The Balaban J connectivity index is 1.69. The smallest absolute Gasteiger partial charge is 0.160 e. The quantitative estimate of drug-likeness (QED) is 0.758. The number of nitrogens with zero attached hydrogens (tertiary/aromatic N) is 1. The molecule has 1 saturated carbocycles. The first-order valence-electron chi connectivity index (χ1n) is 9.64. The maximum absolute atomic E-state index is 11.6. The van der Waals surface area contributed by atoms with Crippen LogP contribution in [-0.4, -0.2) is 42.3 Å². The van der Waals surface area contributed by atoms with Crippen molar-refractivity contribution < 1.29 is 24.4 Å². The Kier molecular flexibility index (Phi) is 4.74. The summed E-state index contributed by atoms with van der Waals surface area (Å²) >= 11 is 0. The summed E-state index contributed by atoms with van der Waals surface area (Å²) in [5, 5.41) is 21.7. The molecule has 0 aromatic heterocycles. The highest BCUT2D eigenvalue weighted by atomic mass is 16.5. The van der Waals surface area contributed by atoms with Gasteiger partial charge in [0.05, 0.1) is 14.2 Å². The molecule has 2 N–H and O–H groups in total. The maximum atomic E-state index is 11.6. The van der Waals surface area contributed by atoms with Gasteiger partial charge in [-0.1, -0.05) is 6.07 Å². The average molecular weight is 370 g/mol. The molecule has 1 unspecified atom stereocenters. The summed E-state index contributed by atoms with van der Waals surface area (Å²) in [4.78, 5) is 0. The van der Waals surface area contributed by atoms with Gasteiger partial charge in [0.15, 0.2) is 11.5 Å². The number of ether oxygens (including phenoxy) is 2. The van der Waals surface area contributed by atoms with Crippen LogP contribution in [0.4, 0.5) is 0 Å². The number of phenolic OH excluding ortho intramolecular Hbond substituents is 1. The van der Waals surface area contributed by atoms with E-state index in [9.17, 15) is 10.3 Å². The molecule has 5 heteroatoms. The van der Waals surface area contributed by atoms with E-state index in [1.807, 2.05) is 12.1 Å². The number of hydrogen-bond donors (Lipinski definition) is 2. The van der Waals surface area contributed by atoms with E-state index < -0.39 is 0 Å². The van der Waals surface area contributed by atoms with Crippen LogP contribution in [0.1, 0.15) is 35.6 Å². The van der Waals surface area contributed by atoms with Gasteiger partial charge in [-0.2, -0.15) is 4.65 Å². The highest BCUT2D eigenvalue weighted by Crippen LogP contribution is 2.43. The summed E-state index contributed by atoms with van der Waals surface area (Å²) in [5.74, 6) is 2.09. The van der Waals surface area contributed by atoms with Crippen LogP contribution in [0.5, 0.6) is 17.2 Å². The largest absolute Gasteiger partial charge is 0.504 e. The molecule has 0 bridgehead atoms. The molecule has 144 valence electrons. The Bertz CT molecular complexity index is 833. The number of rotatable bonds is 6. The van der Waals surface area contributed by atoms with Crippen molar-refractivity contribution in [2.24, 2.45) is 5.92 Å². The van der Waals surface area contributed by atoms with E-state index in [4.69, 9.17) is 9.47 Å². The summed E-state index contributed by atoms with van der Waals surface area (Å²) < 4.78 is 10.6. The molecule has 0 amide bonds. The number of phenols is 1. The molecule has 0 spiro atoms. The molecule has 2 aromatic carbocycles. The fraction of sp³-hybridized carbons (Fsp3) is 0.455. The molecule has 2 atom stereocenters. The Hall–Kier alpha value is -2.24. The molecule has 1 heterocycles. The summed E-state index contributed by atoms with van der Waals surface area (Å²) in [6.07, 6.45) is 3.94. The Morgan fingerprint density at radius 1 is 1.07 bits per heavy atom. The molecule has 4 rings (SSSR count). The van der Waals surface area contributed by atoms with Gasteiger partial charge in [-0.25, -0.2) is 5.21 Å². The SMILES string of the molecule is COc1ccc2c(c1)CC[N+](O)(CC1CC1)[C@@H]2Cc1ccc(OC)c(O)c1. The Morgan fingerprint density at radius 2 is 1.89 bits per heavy atom. The van der Waals surface area contributed by atoms with Gasteiger partial charge in [0.25, 0.3) is 0 Å². The topological polar surface area (TPSA) is 58.9 Å². The molecule has 1 fully saturated rings. The average Bonchev–Trinajstić information content (AvgIpc) is 3.47. The predicted molar refractivity (Wildman–Crippen MR) is 102 cm³/mol. The summed E-state index contributed by atoms with van der Waals surface area (Å²) in [7, 11) is 3.23. The molecule has 2 aromatic rings. The van der Waals surface area contributed by atoms with E-state index in [2.05, 4.69) is 12.1 Å². The third kappa shape index (κ3) is 3.62. The highest BCUT2D eigenvalue weighted by molar-refractivity contribution is 5.43. The molecule has 1 aliphatic heterocycles. The fourth-order valence-corrected chi connectivity index (χ4v) is 4.31. The van der Waals surface area contributed by atoms with E-state index in [0.717, 1.165) is 24.3 Å². The summed E-state index contributed by atoms with van der Waals surface area (Å²) in [5.41, 5.74) is 3.42. The van der Waals surface area contributed by atoms with Crippen LogP contribution in [0.2, 0.25) is 0 Å². The molecule has 0 radical (unpaired) electrons. The van der Waals surface area contributed by atoms with Crippen LogP contribution < -0.4 is 9.47 Å². The van der Waals surface area contributed by atoms with Crippen molar-refractivity contribution in [3.8, 4) is 17.2 Å². The Morgan fingerprint density at radius 3 is 2.56 bits per heavy atom. The number of benzene rings is 2. The van der Waals surface area contributed by atoms with E-state index in [1.54, 1.807) is 26.4 Å². The molecule has 1 aliphatic carbocycles. The first kappa shape index (κ1) is 18.1. The molecule has 27 heavy (non-hydrogen) atoms. The molecule has 0 saturated heterocycles. The standard InChI is InChI=1S/C22H27NO4/c1-26-18-6-7-19-17(13-18)9-10-23(25,14-15-3-4-15)20(19)11-16-5-8-22(27-2)21(24)12-16/h5-8,12-13,15,20,25H,3-4,9-11,14H2,1-2H3/p+1/t20-,23?/m1/s1. The number of quaternary nitrogens is 1. The lowest BCUT2D eigenvalue weighted by molar-refractivity contribution is -1.13. The fourth-order valence-electron chi connectivity index (χ4n) is 4.31. The van der Waals surface area contributed by atoms with Crippen molar-refractivity contribution in [3.63, 3.8) is 0 Å². The molecule has 5 nitrogen and oxygen atoms in total. The van der Waals surface area contributed by atoms with Crippen molar-refractivity contribution in [1.82, 2.24) is 0 Å². The van der Waals surface area contributed by atoms with Gasteiger partial charge in [-0.05, 0) is 54.3 Å². The summed E-state index contributed by atoms with van der Waals surface area (Å²) in [6, 6.07) is 11.6. The van der Waals surface area contributed by atoms with Crippen LogP contribution in [0.25, 0.3) is 0 Å². The van der Waals surface area contributed by atoms with Gasteiger partial charge in [0.1, 0.15) is 24.9 Å². The van der Waals surface area contributed by atoms with Crippen LogP contribution in [0.3, 0.4) is 0 Å². The van der Waals surface area contributed by atoms with Crippen molar-refractivity contribution in [2.75, 3.05) is 27.3 Å². The monoisotopic (exact) mass is 370 g/mol. The molecular weight excluding hydrogens is 342 g/mol. The third-order valence-corrected chi connectivity index (χ3v) is 6.00. The van der Waals surface area contributed by atoms with E-state index in [1.165, 1.54) is 24.0 Å². The van der Waals surface area contributed by atoms with E-state index >= 15 is 0 Å². The van der Waals surface area contributed by atoms with Gasteiger partial charge in [-0.3, -0.25) is 0 Å². The minimum absolute atomic E-state index is 0.0481. The number of aromatic hydroxyl groups is 1. The van der Waals surface area contributed by atoms with Crippen LogP contribution in [0, 0.1) is 5.92 Å². The number of fused-ring (bicyclic) bond motifs is 1. The first-order valence-corrected chi connectivity index (χ1v) is 9.64. The zero-order valence-corrected chi connectivity index (χ0v) is 16.0. The first-order chi connectivity index (χ1) is 13.0. The second kappa shape index (κ2) is 7.06. The second-order valence-electron chi connectivity index (χ2n) is 7.88. The van der Waals surface area contributed by atoms with Gasteiger partial charge >= 0.3 is 0 Å². The van der Waals surface area contributed by atoms with Gasteiger partial charge in [0.2, 0.25) is 0 Å². The zero-order chi connectivity index (χ0) is 19.0. The lowest BCUT2D eigenvalue weighted by Gasteiger charge is -2.42. The normalized spacial score (nSPS) is 24.3. The van der Waals surface area contributed by atoms with Crippen molar-refractivity contribution in [3.05, 3.63) is 53.1 Å². The number of methoxy groups -OCH3 is 2. The number of hydroxylamine groups is 3. The lowest BCUT2D eigenvalue weighted by atomic mass is 9.87. The van der Waals surface area contributed by atoms with Gasteiger partial charge in [0, 0.05) is 24.3 Å². The van der Waals surface area contributed by atoms with Crippen molar-refractivity contribution in [1.29, 1.82) is 0 Å². The van der Waals surface area contributed by atoms with E-state index in [-0.39, 0.29) is 16.4 Å². The second-order valence-corrected chi connectivity index (χ2v) is 7.88. The third-order valence-electron chi connectivity index (χ3n) is 6.00. The Labute approximate surface area is 160 Å². The van der Waals surface area contributed by atoms with Crippen LogP contribution in [0.15, 0.2) is 36.4 Å².